The average molecular weight is 296 g/mol. The number of imidazole rings is 1. The van der Waals surface area contributed by atoms with E-state index in [1.54, 1.807) is 0 Å². The molecule has 3 rings (SSSR count). The highest BCUT2D eigenvalue weighted by Crippen LogP contribution is 2.31. The monoisotopic (exact) mass is 296 g/mol. The van der Waals surface area contributed by atoms with Crippen molar-refractivity contribution in [2.45, 2.75) is 46.5 Å². The zero-order valence-corrected chi connectivity index (χ0v) is 14.1. The van der Waals surface area contributed by atoms with Crippen LogP contribution in [0.2, 0.25) is 0 Å². The minimum absolute atomic E-state index is 0.535. The highest BCUT2D eigenvalue weighted by molar-refractivity contribution is 5.66. The Kier molecular flexibility index (Phi) is 3.77. The minimum atomic E-state index is 0.535. The molecule has 0 saturated carbocycles. The number of aromatic nitrogens is 4. The normalized spacial score (nSPS) is 11.7. The SMILES string of the molecule is CCC(CC)c1cc(C)nn2c(-c3cccn3C)c(C)nc12. The predicted molar refractivity (Wildman–Crippen MR) is 90.2 cm³/mol. The highest BCUT2D eigenvalue weighted by atomic mass is 15.3. The quantitative estimate of drug-likeness (QED) is 0.721. The summed E-state index contributed by atoms with van der Waals surface area (Å²) in [7, 11) is 2.06. The molecule has 0 bridgehead atoms. The lowest BCUT2D eigenvalue weighted by atomic mass is 9.95. The van der Waals surface area contributed by atoms with Crippen LogP contribution in [0.5, 0.6) is 0 Å². The van der Waals surface area contributed by atoms with E-state index in [0.717, 1.165) is 41.3 Å². The van der Waals surface area contributed by atoms with Gasteiger partial charge in [0, 0.05) is 18.8 Å². The second kappa shape index (κ2) is 5.59. The summed E-state index contributed by atoms with van der Waals surface area (Å²) < 4.78 is 4.16. The molecular formula is C18H24N4. The van der Waals surface area contributed by atoms with Crippen LogP contribution in [0.25, 0.3) is 17.0 Å². The van der Waals surface area contributed by atoms with Crippen molar-refractivity contribution < 1.29 is 0 Å². The van der Waals surface area contributed by atoms with Crippen LogP contribution in [0.15, 0.2) is 24.4 Å². The van der Waals surface area contributed by atoms with Gasteiger partial charge in [-0.25, -0.2) is 9.50 Å². The van der Waals surface area contributed by atoms with Crippen molar-refractivity contribution in [2.24, 2.45) is 7.05 Å². The molecule has 0 aliphatic carbocycles. The molecule has 0 radical (unpaired) electrons. The van der Waals surface area contributed by atoms with Crippen molar-refractivity contribution in [2.75, 3.05) is 0 Å². The van der Waals surface area contributed by atoms with E-state index in [0.29, 0.717) is 5.92 Å². The van der Waals surface area contributed by atoms with Gasteiger partial charge in [0.2, 0.25) is 0 Å². The van der Waals surface area contributed by atoms with Crippen molar-refractivity contribution in [3.63, 3.8) is 0 Å². The van der Waals surface area contributed by atoms with Crippen LogP contribution >= 0.6 is 0 Å². The Morgan fingerprint density at radius 2 is 1.91 bits per heavy atom. The summed E-state index contributed by atoms with van der Waals surface area (Å²) in [5, 5.41) is 4.75. The summed E-state index contributed by atoms with van der Waals surface area (Å²) >= 11 is 0. The molecule has 0 amide bonds. The zero-order chi connectivity index (χ0) is 15.9. The van der Waals surface area contributed by atoms with Gasteiger partial charge in [0.25, 0.3) is 0 Å². The van der Waals surface area contributed by atoms with Crippen molar-refractivity contribution in [3.05, 3.63) is 41.3 Å². The van der Waals surface area contributed by atoms with E-state index >= 15 is 0 Å². The topological polar surface area (TPSA) is 35.1 Å². The third-order valence-corrected chi connectivity index (χ3v) is 4.52. The van der Waals surface area contributed by atoms with Gasteiger partial charge in [-0.05, 0) is 50.8 Å². The number of aryl methyl sites for hydroxylation is 3. The molecule has 3 aromatic heterocycles. The Hall–Kier alpha value is -2.10. The molecule has 0 spiro atoms. The molecule has 3 heterocycles. The third-order valence-electron chi connectivity index (χ3n) is 4.52. The Morgan fingerprint density at radius 3 is 2.50 bits per heavy atom. The van der Waals surface area contributed by atoms with E-state index in [1.807, 2.05) is 4.52 Å². The third kappa shape index (κ3) is 2.23. The number of hydrogen-bond donors (Lipinski definition) is 0. The van der Waals surface area contributed by atoms with Crippen LogP contribution in [0.4, 0.5) is 0 Å². The second-order valence-corrected chi connectivity index (χ2v) is 6.04. The Morgan fingerprint density at radius 1 is 1.18 bits per heavy atom. The molecule has 0 saturated heterocycles. The first kappa shape index (κ1) is 14.8. The van der Waals surface area contributed by atoms with E-state index in [-0.39, 0.29) is 0 Å². The van der Waals surface area contributed by atoms with Crippen LogP contribution in [0.1, 0.15) is 49.6 Å². The van der Waals surface area contributed by atoms with E-state index in [1.165, 1.54) is 5.56 Å². The standard InChI is InChI=1S/C18H24N4/c1-6-14(7-2)15-11-12(3)20-22-17(13(4)19-18(15)22)16-9-8-10-21(16)5/h8-11,14H,6-7H2,1-5H3. The molecule has 0 unspecified atom stereocenters. The summed E-state index contributed by atoms with van der Waals surface area (Å²) in [5.41, 5.74) is 6.65. The van der Waals surface area contributed by atoms with Crippen LogP contribution < -0.4 is 0 Å². The molecule has 4 nitrogen and oxygen atoms in total. The zero-order valence-electron chi connectivity index (χ0n) is 14.1. The first-order valence-corrected chi connectivity index (χ1v) is 8.05. The van der Waals surface area contributed by atoms with Crippen molar-refractivity contribution >= 4 is 5.65 Å². The maximum absolute atomic E-state index is 4.86. The summed E-state index contributed by atoms with van der Waals surface area (Å²) in [6, 6.07) is 6.39. The number of nitrogens with zero attached hydrogens (tertiary/aromatic N) is 4. The van der Waals surface area contributed by atoms with Gasteiger partial charge in [-0.1, -0.05) is 13.8 Å². The maximum Gasteiger partial charge on any atom is 0.158 e. The molecule has 0 aliphatic rings. The Balaban J connectivity index is 2.33. The van der Waals surface area contributed by atoms with Crippen molar-refractivity contribution in [3.8, 4) is 11.4 Å². The summed E-state index contributed by atoms with van der Waals surface area (Å²) in [6.07, 6.45) is 4.31. The average Bonchev–Trinajstić information content (AvgIpc) is 3.03. The first-order chi connectivity index (χ1) is 10.6. The smallest absolute Gasteiger partial charge is 0.158 e. The molecule has 116 valence electrons. The van der Waals surface area contributed by atoms with Gasteiger partial charge in [-0.15, -0.1) is 0 Å². The highest BCUT2D eigenvalue weighted by Gasteiger charge is 2.20. The number of hydrogen-bond acceptors (Lipinski definition) is 2. The fraction of sp³-hybridized carbons (Fsp3) is 0.444. The minimum Gasteiger partial charge on any atom is -0.349 e. The molecule has 0 N–H and O–H groups in total. The van der Waals surface area contributed by atoms with Crippen LogP contribution in [0.3, 0.4) is 0 Å². The van der Waals surface area contributed by atoms with Gasteiger partial charge < -0.3 is 4.57 Å². The molecule has 0 atom stereocenters. The first-order valence-electron chi connectivity index (χ1n) is 8.05. The molecule has 3 aromatic rings. The van der Waals surface area contributed by atoms with Gasteiger partial charge in [-0.3, -0.25) is 0 Å². The largest absolute Gasteiger partial charge is 0.349 e. The van der Waals surface area contributed by atoms with Crippen LogP contribution in [-0.2, 0) is 7.05 Å². The summed E-state index contributed by atoms with van der Waals surface area (Å²) in [4.78, 5) is 4.86. The van der Waals surface area contributed by atoms with Gasteiger partial charge in [0.1, 0.15) is 5.69 Å². The van der Waals surface area contributed by atoms with Gasteiger partial charge >= 0.3 is 0 Å². The molecule has 4 heteroatoms. The van der Waals surface area contributed by atoms with Gasteiger partial charge in [0.05, 0.1) is 17.1 Å². The molecule has 0 fully saturated rings. The molecule has 22 heavy (non-hydrogen) atoms. The van der Waals surface area contributed by atoms with Crippen molar-refractivity contribution in [1.82, 2.24) is 19.2 Å². The number of rotatable bonds is 4. The van der Waals surface area contributed by atoms with Crippen LogP contribution in [-0.4, -0.2) is 19.2 Å². The van der Waals surface area contributed by atoms with Gasteiger partial charge in [0.15, 0.2) is 5.65 Å². The van der Waals surface area contributed by atoms with E-state index in [2.05, 4.69) is 63.7 Å². The lowest BCUT2D eigenvalue weighted by Crippen LogP contribution is -2.05. The summed E-state index contributed by atoms with van der Waals surface area (Å²) in [5.74, 6) is 0.535. The second-order valence-electron chi connectivity index (χ2n) is 6.04. The molecule has 0 aromatic carbocycles. The van der Waals surface area contributed by atoms with E-state index in [9.17, 15) is 0 Å². The molecule has 0 aliphatic heterocycles. The van der Waals surface area contributed by atoms with E-state index < -0.39 is 0 Å². The number of fused-ring (bicyclic) bond motifs is 1. The lowest BCUT2D eigenvalue weighted by molar-refractivity contribution is 0.638. The van der Waals surface area contributed by atoms with E-state index in [4.69, 9.17) is 10.1 Å². The van der Waals surface area contributed by atoms with Crippen molar-refractivity contribution in [1.29, 1.82) is 0 Å². The van der Waals surface area contributed by atoms with Gasteiger partial charge in [-0.2, -0.15) is 5.10 Å². The Labute approximate surface area is 131 Å². The Bertz CT molecular complexity index is 806. The fourth-order valence-corrected chi connectivity index (χ4v) is 3.31. The lowest BCUT2D eigenvalue weighted by Gasteiger charge is -2.14. The fourth-order valence-electron chi connectivity index (χ4n) is 3.31. The predicted octanol–water partition coefficient (Wildman–Crippen LogP) is 4.26. The maximum atomic E-state index is 4.86. The van der Waals surface area contributed by atoms with Crippen LogP contribution in [0, 0.1) is 13.8 Å². The summed E-state index contributed by atoms with van der Waals surface area (Å²) in [6.45, 7) is 8.63. The molecular weight excluding hydrogens is 272 g/mol.